The van der Waals surface area contributed by atoms with Crippen molar-refractivity contribution in [1.82, 2.24) is 0 Å². The van der Waals surface area contributed by atoms with Gasteiger partial charge in [0.15, 0.2) is 5.96 Å². The van der Waals surface area contributed by atoms with Gasteiger partial charge in [0.2, 0.25) is 0 Å². The molecule has 0 aromatic heterocycles. The summed E-state index contributed by atoms with van der Waals surface area (Å²) < 4.78 is 32.5. The lowest BCUT2D eigenvalue weighted by atomic mass is 9.81. The Hall–Kier alpha value is -1.69. The number of halogens is 2. The lowest BCUT2D eigenvalue weighted by Crippen LogP contribution is -2.34. The van der Waals surface area contributed by atoms with Crippen LogP contribution in [0.25, 0.3) is 0 Å². The van der Waals surface area contributed by atoms with Crippen LogP contribution in [0.2, 0.25) is 0 Å². The van der Waals surface area contributed by atoms with E-state index in [1.54, 1.807) is 0 Å². The zero-order valence-electron chi connectivity index (χ0n) is 12.6. The molecular formula is C16H21F2N3O. The molecule has 0 spiro atoms. The van der Waals surface area contributed by atoms with Crippen molar-refractivity contribution in [2.45, 2.75) is 32.3 Å². The second-order valence-electron chi connectivity index (χ2n) is 6.48. The van der Waals surface area contributed by atoms with Crippen LogP contribution in [-0.4, -0.2) is 25.2 Å². The van der Waals surface area contributed by atoms with Gasteiger partial charge in [-0.25, -0.2) is 8.78 Å². The van der Waals surface area contributed by atoms with E-state index in [9.17, 15) is 8.78 Å². The van der Waals surface area contributed by atoms with E-state index in [2.05, 4.69) is 17.2 Å². The highest BCUT2D eigenvalue weighted by Crippen LogP contribution is 2.47. The number of hydrogen-bond acceptors (Lipinski definition) is 2. The number of nitrogens with one attached hydrogen (secondary N) is 1. The summed E-state index contributed by atoms with van der Waals surface area (Å²) in [4.78, 5) is 4.32. The first-order valence-electron chi connectivity index (χ1n) is 7.61. The predicted octanol–water partition coefficient (Wildman–Crippen LogP) is 2.90. The van der Waals surface area contributed by atoms with Crippen molar-refractivity contribution in [2.24, 2.45) is 22.1 Å². The Bertz CT molecular complexity index is 589. The van der Waals surface area contributed by atoms with Crippen LogP contribution in [0.15, 0.2) is 23.2 Å². The van der Waals surface area contributed by atoms with E-state index in [0.717, 1.165) is 31.2 Å². The first-order valence-corrected chi connectivity index (χ1v) is 7.61. The maximum absolute atomic E-state index is 13.6. The summed E-state index contributed by atoms with van der Waals surface area (Å²) in [7, 11) is 0. The van der Waals surface area contributed by atoms with Crippen molar-refractivity contribution < 1.29 is 13.5 Å². The number of nitrogens with zero attached hydrogens (tertiary/aromatic N) is 1. The molecule has 2 aliphatic rings. The Morgan fingerprint density at radius 3 is 2.95 bits per heavy atom. The third kappa shape index (κ3) is 3.21. The SMILES string of the molecule is CC1(CN=C(N)Nc2cc(F)ccc2F)CCOC1C1CC1. The van der Waals surface area contributed by atoms with Crippen LogP contribution >= 0.6 is 0 Å². The highest BCUT2D eigenvalue weighted by Gasteiger charge is 2.47. The molecule has 6 heteroatoms. The number of nitrogens with two attached hydrogens (primary N) is 1. The molecule has 1 aromatic rings. The highest BCUT2D eigenvalue weighted by molar-refractivity contribution is 5.92. The van der Waals surface area contributed by atoms with Crippen molar-refractivity contribution in [3.8, 4) is 0 Å². The van der Waals surface area contributed by atoms with Crippen molar-refractivity contribution in [2.75, 3.05) is 18.5 Å². The van der Waals surface area contributed by atoms with E-state index in [1.807, 2.05) is 0 Å². The Balaban J connectivity index is 1.65. The molecule has 1 aromatic carbocycles. The molecule has 2 fully saturated rings. The predicted molar refractivity (Wildman–Crippen MR) is 81.7 cm³/mol. The summed E-state index contributed by atoms with van der Waals surface area (Å²) in [6.45, 7) is 3.42. The summed E-state index contributed by atoms with van der Waals surface area (Å²) in [6.07, 6.45) is 3.60. The van der Waals surface area contributed by atoms with Crippen LogP contribution in [0, 0.1) is 23.0 Å². The largest absolute Gasteiger partial charge is 0.377 e. The fourth-order valence-corrected chi connectivity index (χ4v) is 3.07. The van der Waals surface area contributed by atoms with Gasteiger partial charge < -0.3 is 15.8 Å². The fourth-order valence-electron chi connectivity index (χ4n) is 3.07. The van der Waals surface area contributed by atoms with Gasteiger partial charge in [0.05, 0.1) is 18.3 Å². The van der Waals surface area contributed by atoms with E-state index in [0.29, 0.717) is 12.5 Å². The highest BCUT2D eigenvalue weighted by atomic mass is 19.1. The number of rotatable bonds is 4. The average Bonchev–Trinajstić information content (AvgIpc) is 3.24. The monoisotopic (exact) mass is 309 g/mol. The van der Waals surface area contributed by atoms with E-state index >= 15 is 0 Å². The number of aliphatic imine (C=N–C) groups is 1. The minimum Gasteiger partial charge on any atom is -0.377 e. The van der Waals surface area contributed by atoms with Crippen LogP contribution in [0.5, 0.6) is 0 Å². The van der Waals surface area contributed by atoms with Crippen molar-refractivity contribution in [1.29, 1.82) is 0 Å². The van der Waals surface area contributed by atoms with Crippen LogP contribution in [0.4, 0.5) is 14.5 Å². The Labute approximate surface area is 128 Å². The van der Waals surface area contributed by atoms with E-state index < -0.39 is 11.6 Å². The Kier molecular flexibility index (Phi) is 4.04. The molecule has 0 bridgehead atoms. The molecule has 120 valence electrons. The summed E-state index contributed by atoms with van der Waals surface area (Å²) in [5, 5.41) is 2.62. The summed E-state index contributed by atoms with van der Waals surface area (Å²) in [5.41, 5.74) is 5.77. The Morgan fingerprint density at radius 1 is 1.45 bits per heavy atom. The molecule has 0 amide bonds. The zero-order chi connectivity index (χ0) is 15.7. The quantitative estimate of drug-likeness (QED) is 0.664. The van der Waals surface area contributed by atoms with Crippen molar-refractivity contribution in [3.63, 3.8) is 0 Å². The lowest BCUT2D eigenvalue weighted by molar-refractivity contribution is 0.0425. The molecule has 2 unspecified atom stereocenters. The molecule has 1 aliphatic carbocycles. The van der Waals surface area contributed by atoms with E-state index in [1.165, 1.54) is 12.8 Å². The van der Waals surface area contributed by atoms with Gasteiger partial charge in [-0.1, -0.05) is 6.92 Å². The van der Waals surface area contributed by atoms with Crippen molar-refractivity contribution in [3.05, 3.63) is 29.8 Å². The smallest absolute Gasteiger partial charge is 0.193 e. The van der Waals surface area contributed by atoms with Gasteiger partial charge in [0, 0.05) is 18.1 Å². The fraction of sp³-hybridized carbons (Fsp3) is 0.562. The molecule has 22 heavy (non-hydrogen) atoms. The number of hydrogen-bond donors (Lipinski definition) is 2. The van der Waals surface area contributed by atoms with Crippen molar-refractivity contribution >= 4 is 11.6 Å². The van der Waals surface area contributed by atoms with Crippen LogP contribution < -0.4 is 11.1 Å². The van der Waals surface area contributed by atoms with Crippen LogP contribution in [-0.2, 0) is 4.74 Å². The summed E-state index contributed by atoms with van der Waals surface area (Å²) in [6, 6.07) is 3.18. The first kappa shape index (κ1) is 15.2. The van der Waals surface area contributed by atoms with Gasteiger partial charge in [0.1, 0.15) is 11.6 Å². The van der Waals surface area contributed by atoms with Gasteiger partial charge in [-0.15, -0.1) is 0 Å². The third-order valence-corrected chi connectivity index (χ3v) is 4.51. The molecule has 1 heterocycles. The topological polar surface area (TPSA) is 59.6 Å². The second kappa shape index (κ2) is 5.83. The van der Waals surface area contributed by atoms with Gasteiger partial charge in [-0.3, -0.25) is 4.99 Å². The molecule has 3 N–H and O–H groups in total. The normalized spacial score (nSPS) is 28.9. The number of guanidine groups is 1. The summed E-state index contributed by atoms with van der Waals surface area (Å²) >= 11 is 0. The minimum atomic E-state index is -0.564. The number of ether oxygens (including phenoxy) is 1. The first-order chi connectivity index (χ1) is 10.5. The molecule has 2 atom stereocenters. The molecule has 4 nitrogen and oxygen atoms in total. The maximum atomic E-state index is 13.6. The zero-order valence-corrected chi connectivity index (χ0v) is 12.6. The number of benzene rings is 1. The lowest BCUT2D eigenvalue weighted by Gasteiger charge is -2.28. The molecule has 3 rings (SSSR count). The molecule has 1 saturated heterocycles. The molecular weight excluding hydrogens is 288 g/mol. The maximum Gasteiger partial charge on any atom is 0.193 e. The second-order valence-corrected chi connectivity index (χ2v) is 6.48. The summed E-state index contributed by atoms with van der Waals surface area (Å²) in [5.74, 6) is -0.364. The van der Waals surface area contributed by atoms with E-state index in [4.69, 9.17) is 10.5 Å². The molecule has 1 aliphatic heterocycles. The standard InChI is InChI=1S/C16H21F2N3O/c1-16(6-7-22-14(16)10-2-3-10)9-20-15(19)21-13-8-11(17)4-5-12(13)18/h4-5,8,10,14H,2-3,6-7,9H2,1H3,(H3,19,20,21). The average molecular weight is 309 g/mol. The number of anilines is 1. The van der Waals surface area contributed by atoms with Gasteiger partial charge >= 0.3 is 0 Å². The van der Waals surface area contributed by atoms with Crippen LogP contribution in [0.1, 0.15) is 26.2 Å². The third-order valence-electron chi connectivity index (χ3n) is 4.51. The van der Waals surface area contributed by atoms with Gasteiger partial charge in [-0.2, -0.15) is 0 Å². The van der Waals surface area contributed by atoms with Gasteiger partial charge in [-0.05, 0) is 37.3 Å². The Morgan fingerprint density at radius 2 is 2.23 bits per heavy atom. The molecule has 0 radical (unpaired) electrons. The molecule has 1 saturated carbocycles. The van der Waals surface area contributed by atoms with E-state index in [-0.39, 0.29) is 23.2 Å². The van der Waals surface area contributed by atoms with Crippen LogP contribution in [0.3, 0.4) is 0 Å². The minimum absolute atomic E-state index is 0.00665. The van der Waals surface area contributed by atoms with Gasteiger partial charge in [0.25, 0.3) is 0 Å².